The van der Waals surface area contributed by atoms with Gasteiger partial charge in [0.1, 0.15) is 5.82 Å². The zero-order valence-electron chi connectivity index (χ0n) is 12.1. The summed E-state index contributed by atoms with van der Waals surface area (Å²) in [4.78, 5) is 0. The maximum atomic E-state index is 13.5. The Labute approximate surface area is 115 Å². The summed E-state index contributed by atoms with van der Waals surface area (Å²) in [7, 11) is 1.80. The lowest BCUT2D eigenvalue weighted by atomic mass is 9.86. The van der Waals surface area contributed by atoms with Gasteiger partial charge >= 0.3 is 0 Å². The van der Waals surface area contributed by atoms with Crippen LogP contribution in [0.4, 0.5) is 4.39 Å². The van der Waals surface area contributed by atoms with Crippen LogP contribution in [0.25, 0.3) is 0 Å². The highest BCUT2D eigenvalue weighted by Crippen LogP contribution is 2.42. The van der Waals surface area contributed by atoms with Crippen LogP contribution in [0.2, 0.25) is 0 Å². The molecule has 1 aliphatic rings. The van der Waals surface area contributed by atoms with E-state index in [1.165, 1.54) is 12.8 Å². The molecule has 1 saturated carbocycles. The number of rotatable bonds is 5. The van der Waals surface area contributed by atoms with Gasteiger partial charge in [0, 0.05) is 7.11 Å². The summed E-state index contributed by atoms with van der Waals surface area (Å²) in [6.45, 7) is 4.80. The number of methoxy groups -OCH3 is 1. The minimum Gasteiger partial charge on any atom is -0.376 e. The predicted molar refractivity (Wildman–Crippen MR) is 75.8 cm³/mol. The number of benzene rings is 1. The third-order valence-electron chi connectivity index (χ3n) is 4.31. The molecule has 0 spiro atoms. The average Bonchev–Trinajstić information content (AvgIpc) is 2.89. The fraction of sp³-hybridized carbons (Fsp3) is 0.625. The van der Waals surface area contributed by atoms with Crippen LogP contribution in [0.3, 0.4) is 0 Å². The van der Waals surface area contributed by atoms with Crippen LogP contribution in [-0.2, 0) is 4.74 Å². The van der Waals surface area contributed by atoms with Crippen LogP contribution in [-0.4, -0.2) is 19.3 Å². The van der Waals surface area contributed by atoms with E-state index in [0.29, 0.717) is 5.56 Å². The summed E-state index contributed by atoms with van der Waals surface area (Å²) in [6.07, 6.45) is 4.54. The molecule has 3 heteroatoms. The second-order valence-electron chi connectivity index (χ2n) is 5.48. The lowest BCUT2D eigenvalue weighted by molar-refractivity contribution is -0.0364. The summed E-state index contributed by atoms with van der Waals surface area (Å²) >= 11 is 0. The van der Waals surface area contributed by atoms with Gasteiger partial charge in [-0.3, -0.25) is 0 Å². The van der Waals surface area contributed by atoms with E-state index in [2.05, 4.69) is 12.2 Å². The second kappa shape index (κ2) is 6.02. The third kappa shape index (κ3) is 2.82. The Morgan fingerprint density at radius 1 is 1.37 bits per heavy atom. The molecule has 0 saturated heterocycles. The van der Waals surface area contributed by atoms with Crippen molar-refractivity contribution in [3.63, 3.8) is 0 Å². The Morgan fingerprint density at radius 2 is 2.05 bits per heavy atom. The molecule has 0 radical (unpaired) electrons. The molecule has 1 N–H and O–H groups in total. The highest BCUT2D eigenvalue weighted by Gasteiger charge is 2.42. The smallest absolute Gasteiger partial charge is 0.126 e. The van der Waals surface area contributed by atoms with Crippen molar-refractivity contribution in [1.29, 1.82) is 0 Å². The van der Waals surface area contributed by atoms with E-state index < -0.39 is 0 Å². The van der Waals surface area contributed by atoms with Crippen molar-refractivity contribution in [1.82, 2.24) is 5.32 Å². The molecule has 0 aromatic heterocycles. The Morgan fingerprint density at radius 3 is 2.58 bits per heavy atom. The molecular formula is C16H24FNO. The maximum Gasteiger partial charge on any atom is 0.126 e. The van der Waals surface area contributed by atoms with Crippen molar-refractivity contribution in [3.05, 3.63) is 35.1 Å². The fourth-order valence-electron chi connectivity index (χ4n) is 3.24. The van der Waals surface area contributed by atoms with Crippen LogP contribution >= 0.6 is 0 Å². The largest absolute Gasteiger partial charge is 0.376 e. The van der Waals surface area contributed by atoms with E-state index in [0.717, 1.165) is 24.9 Å². The lowest BCUT2D eigenvalue weighted by Gasteiger charge is -2.37. The van der Waals surface area contributed by atoms with E-state index in [-0.39, 0.29) is 17.5 Å². The van der Waals surface area contributed by atoms with Gasteiger partial charge in [-0.1, -0.05) is 31.9 Å². The molecule has 0 heterocycles. The minimum absolute atomic E-state index is 0.139. The highest BCUT2D eigenvalue weighted by atomic mass is 19.1. The fourth-order valence-corrected chi connectivity index (χ4v) is 3.24. The molecule has 0 bridgehead atoms. The normalized spacial score (nSPS) is 19.6. The van der Waals surface area contributed by atoms with Gasteiger partial charge in [0.15, 0.2) is 0 Å². The summed E-state index contributed by atoms with van der Waals surface area (Å²) < 4.78 is 19.3. The number of hydrogen-bond donors (Lipinski definition) is 1. The van der Waals surface area contributed by atoms with Gasteiger partial charge in [-0.05, 0) is 43.5 Å². The van der Waals surface area contributed by atoms with Crippen LogP contribution in [0.1, 0.15) is 49.8 Å². The van der Waals surface area contributed by atoms with Crippen molar-refractivity contribution in [2.24, 2.45) is 0 Å². The first kappa shape index (κ1) is 14.5. The molecule has 1 aromatic carbocycles. The molecule has 1 unspecified atom stereocenters. The van der Waals surface area contributed by atoms with Gasteiger partial charge in [0.25, 0.3) is 0 Å². The molecule has 1 aliphatic carbocycles. The van der Waals surface area contributed by atoms with Gasteiger partial charge < -0.3 is 10.1 Å². The molecule has 1 fully saturated rings. The van der Waals surface area contributed by atoms with E-state index in [9.17, 15) is 4.39 Å². The predicted octanol–water partition coefficient (Wildman–Crippen LogP) is 3.74. The number of ether oxygens (including phenoxy) is 1. The zero-order valence-corrected chi connectivity index (χ0v) is 12.1. The monoisotopic (exact) mass is 265 g/mol. The number of nitrogens with one attached hydrogen (secondary N) is 1. The quantitative estimate of drug-likeness (QED) is 0.875. The Hall–Kier alpha value is -0.930. The van der Waals surface area contributed by atoms with Gasteiger partial charge in [0.05, 0.1) is 11.6 Å². The molecule has 2 rings (SSSR count). The van der Waals surface area contributed by atoms with Crippen LogP contribution in [0, 0.1) is 12.7 Å². The molecule has 1 aromatic rings. The summed E-state index contributed by atoms with van der Waals surface area (Å²) in [5.74, 6) is -0.142. The Kier molecular flexibility index (Phi) is 4.58. The SMILES string of the molecule is CCNC(c1ccc(F)c(C)c1)C1(OC)CCCC1. The minimum atomic E-state index is -0.142. The molecular weight excluding hydrogens is 241 g/mol. The van der Waals surface area contributed by atoms with E-state index in [4.69, 9.17) is 4.74 Å². The average molecular weight is 265 g/mol. The van der Waals surface area contributed by atoms with E-state index >= 15 is 0 Å². The third-order valence-corrected chi connectivity index (χ3v) is 4.31. The van der Waals surface area contributed by atoms with Crippen LogP contribution < -0.4 is 5.32 Å². The van der Waals surface area contributed by atoms with Crippen LogP contribution in [0.5, 0.6) is 0 Å². The second-order valence-corrected chi connectivity index (χ2v) is 5.48. The van der Waals surface area contributed by atoms with Gasteiger partial charge in [-0.2, -0.15) is 0 Å². The molecule has 0 aliphatic heterocycles. The molecule has 1 atom stereocenters. The van der Waals surface area contributed by atoms with Gasteiger partial charge in [0.2, 0.25) is 0 Å². The number of likely N-dealkylation sites (N-methyl/N-ethyl adjacent to an activating group) is 1. The molecule has 0 amide bonds. The maximum absolute atomic E-state index is 13.5. The van der Waals surface area contributed by atoms with Crippen molar-refractivity contribution >= 4 is 0 Å². The first-order valence-electron chi connectivity index (χ1n) is 7.17. The zero-order chi connectivity index (χ0) is 13.9. The standard InChI is InChI=1S/C16H24FNO/c1-4-18-15(16(19-3)9-5-6-10-16)13-7-8-14(17)12(2)11-13/h7-8,11,15,18H,4-6,9-10H2,1-3H3. The Bertz CT molecular complexity index is 427. The van der Waals surface area contributed by atoms with Gasteiger partial charge in [-0.15, -0.1) is 0 Å². The molecule has 19 heavy (non-hydrogen) atoms. The number of halogens is 1. The van der Waals surface area contributed by atoms with E-state index in [1.807, 2.05) is 19.1 Å². The van der Waals surface area contributed by atoms with Crippen LogP contribution in [0.15, 0.2) is 18.2 Å². The number of hydrogen-bond acceptors (Lipinski definition) is 2. The van der Waals surface area contributed by atoms with E-state index in [1.54, 1.807) is 13.2 Å². The first-order chi connectivity index (χ1) is 9.13. The number of aryl methyl sites for hydroxylation is 1. The topological polar surface area (TPSA) is 21.3 Å². The van der Waals surface area contributed by atoms with Crippen molar-refractivity contribution in [3.8, 4) is 0 Å². The van der Waals surface area contributed by atoms with Gasteiger partial charge in [-0.25, -0.2) is 4.39 Å². The summed E-state index contributed by atoms with van der Waals surface area (Å²) in [5, 5.41) is 3.53. The first-order valence-corrected chi connectivity index (χ1v) is 7.17. The molecule has 2 nitrogen and oxygen atoms in total. The lowest BCUT2D eigenvalue weighted by Crippen LogP contribution is -2.43. The van der Waals surface area contributed by atoms with Crippen molar-refractivity contribution < 1.29 is 9.13 Å². The summed E-state index contributed by atoms with van der Waals surface area (Å²) in [6, 6.07) is 5.54. The molecule has 106 valence electrons. The summed E-state index contributed by atoms with van der Waals surface area (Å²) in [5.41, 5.74) is 1.69. The highest BCUT2D eigenvalue weighted by molar-refractivity contribution is 5.29. The Balaban J connectivity index is 2.35. The van der Waals surface area contributed by atoms with Crippen molar-refractivity contribution in [2.75, 3.05) is 13.7 Å². The van der Waals surface area contributed by atoms with Crippen molar-refractivity contribution in [2.45, 2.75) is 51.2 Å².